The van der Waals surface area contributed by atoms with E-state index in [0.29, 0.717) is 12.5 Å². The third kappa shape index (κ3) is 2.98. The van der Waals surface area contributed by atoms with Gasteiger partial charge in [-0.1, -0.05) is 13.0 Å². The Morgan fingerprint density at radius 2 is 2.22 bits per heavy atom. The normalized spacial score (nSPS) is 10.3. The van der Waals surface area contributed by atoms with Crippen molar-refractivity contribution in [3.8, 4) is 5.88 Å². The number of ether oxygens (including phenoxy) is 1. The third-order valence-electron chi connectivity index (χ3n) is 2.53. The molecule has 2 heterocycles. The van der Waals surface area contributed by atoms with Crippen molar-refractivity contribution in [2.45, 2.75) is 26.9 Å². The van der Waals surface area contributed by atoms with Gasteiger partial charge in [-0.15, -0.1) is 11.3 Å². The van der Waals surface area contributed by atoms with Gasteiger partial charge >= 0.3 is 0 Å². The van der Waals surface area contributed by atoms with E-state index in [1.807, 2.05) is 18.4 Å². The number of rotatable bonds is 6. The van der Waals surface area contributed by atoms with Gasteiger partial charge in [0.2, 0.25) is 5.88 Å². The van der Waals surface area contributed by atoms with E-state index >= 15 is 0 Å². The van der Waals surface area contributed by atoms with E-state index in [-0.39, 0.29) is 0 Å². The van der Waals surface area contributed by atoms with E-state index < -0.39 is 0 Å². The Kier molecular flexibility index (Phi) is 4.52. The molecule has 0 amide bonds. The lowest BCUT2D eigenvalue weighted by molar-refractivity contribution is 0.293. The van der Waals surface area contributed by atoms with Crippen LogP contribution in [0.4, 0.5) is 5.82 Å². The summed E-state index contributed by atoms with van der Waals surface area (Å²) in [6.07, 6.45) is 2.39. The monoisotopic (exact) mass is 263 g/mol. The molecule has 0 aromatic carbocycles. The molecule has 4 nitrogen and oxygen atoms in total. The van der Waals surface area contributed by atoms with E-state index in [9.17, 15) is 0 Å². The molecule has 2 rings (SSSR count). The summed E-state index contributed by atoms with van der Waals surface area (Å²) in [4.78, 5) is 9.66. The molecule has 0 aliphatic carbocycles. The molecule has 0 saturated heterocycles. The molecule has 0 saturated carbocycles. The molecule has 0 spiro atoms. The van der Waals surface area contributed by atoms with Crippen molar-refractivity contribution in [2.75, 3.05) is 11.9 Å². The van der Waals surface area contributed by atoms with Crippen LogP contribution in [-0.2, 0) is 13.0 Å². The third-order valence-corrected chi connectivity index (χ3v) is 3.38. The number of hydrogen-bond donors (Lipinski definition) is 1. The SMILES string of the molecule is CCNc1ncnc(OCc2cccs2)c1CC. The Balaban J connectivity index is 2.13. The highest BCUT2D eigenvalue weighted by atomic mass is 32.1. The minimum atomic E-state index is 0.563. The lowest BCUT2D eigenvalue weighted by Crippen LogP contribution is -2.07. The Labute approximate surface area is 111 Å². The summed E-state index contributed by atoms with van der Waals surface area (Å²) in [7, 11) is 0. The van der Waals surface area contributed by atoms with Gasteiger partial charge in [0, 0.05) is 11.4 Å². The molecule has 0 bridgehead atoms. The van der Waals surface area contributed by atoms with Crippen LogP contribution in [0.15, 0.2) is 23.8 Å². The summed E-state index contributed by atoms with van der Waals surface area (Å²) in [6, 6.07) is 4.08. The molecule has 96 valence electrons. The van der Waals surface area contributed by atoms with Crippen LogP contribution in [0.5, 0.6) is 5.88 Å². The van der Waals surface area contributed by atoms with Gasteiger partial charge in [0.15, 0.2) is 0 Å². The molecule has 1 N–H and O–H groups in total. The fraction of sp³-hybridized carbons (Fsp3) is 0.385. The summed E-state index contributed by atoms with van der Waals surface area (Å²) < 4.78 is 5.78. The minimum absolute atomic E-state index is 0.563. The second-order valence-corrected chi connectivity index (χ2v) is 4.79. The summed E-state index contributed by atoms with van der Waals surface area (Å²) in [5.74, 6) is 1.55. The predicted octanol–water partition coefficient (Wildman–Crippen LogP) is 3.11. The highest BCUT2D eigenvalue weighted by molar-refractivity contribution is 7.09. The van der Waals surface area contributed by atoms with E-state index in [4.69, 9.17) is 4.74 Å². The van der Waals surface area contributed by atoms with Crippen LogP contribution in [-0.4, -0.2) is 16.5 Å². The molecular formula is C13H17N3OS. The molecule has 2 aromatic heterocycles. The fourth-order valence-corrected chi connectivity index (χ4v) is 2.31. The van der Waals surface area contributed by atoms with Gasteiger partial charge in [-0.2, -0.15) is 0 Å². The summed E-state index contributed by atoms with van der Waals surface area (Å²) in [5.41, 5.74) is 1.04. The molecular weight excluding hydrogens is 246 g/mol. The summed E-state index contributed by atoms with van der Waals surface area (Å²) in [5, 5.41) is 5.28. The molecule has 0 aliphatic heterocycles. The van der Waals surface area contributed by atoms with Crippen LogP contribution < -0.4 is 10.1 Å². The molecule has 2 aromatic rings. The topological polar surface area (TPSA) is 47.0 Å². The van der Waals surface area contributed by atoms with Gasteiger partial charge in [0.05, 0.1) is 5.56 Å². The average Bonchev–Trinajstić information content (AvgIpc) is 2.90. The van der Waals surface area contributed by atoms with Crippen molar-refractivity contribution in [3.63, 3.8) is 0 Å². The molecule has 5 heteroatoms. The lowest BCUT2D eigenvalue weighted by Gasteiger charge is -2.12. The maximum Gasteiger partial charge on any atom is 0.222 e. The highest BCUT2D eigenvalue weighted by Gasteiger charge is 2.10. The van der Waals surface area contributed by atoms with Gasteiger partial charge in [-0.05, 0) is 24.8 Å². The van der Waals surface area contributed by atoms with Gasteiger partial charge in [0.1, 0.15) is 18.8 Å². The first-order valence-electron chi connectivity index (χ1n) is 6.08. The van der Waals surface area contributed by atoms with Crippen LogP contribution >= 0.6 is 11.3 Å². The smallest absolute Gasteiger partial charge is 0.222 e. The zero-order valence-corrected chi connectivity index (χ0v) is 11.5. The summed E-state index contributed by atoms with van der Waals surface area (Å²) >= 11 is 1.69. The Morgan fingerprint density at radius 1 is 1.33 bits per heavy atom. The first kappa shape index (κ1) is 12.8. The lowest BCUT2D eigenvalue weighted by atomic mass is 10.2. The zero-order valence-electron chi connectivity index (χ0n) is 10.6. The predicted molar refractivity (Wildman–Crippen MR) is 74.2 cm³/mol. The number of thiophene rings is 1. The molecule has 0 unspecified atom stereocenters. The highest BCUT2D eigenvalue weighted by Crippen LogP contribution is 2.23. The van der Waals surface area contributed by atoms with E-state index in [1.54, 1.807) is 17.7 Å². The maximum absolute atomic E-state index is 5.78. The van der Waals surface area contributed by atoms with E-state index in [0.717, 1.165) is 24.3 Å². The van der Waals surface area contributed by atoms with Gasteiger partial charge in [-0.25, -0.2) is 9.97 Å². The van der Waals surface area contributed by atoms with Crippen molar-refractivity contribution in [3.05, 3.63) is 34.3 Å². The number of anilines is 1. The van der Waals surface area contributed by atoms with Gasteiger partial charge in [0.25, 0.3) is 0 Å². The van der Waals surface area contributed by atoms with Crippen LogP contribution in [0.3, 0.4) is 0 Å². The second-order valence-electron chi connectivity index (χ2n) is 3.76. The van der Waals surface area contributed by atoms with Crippen molar-refractivity contribution in [1.29, 1.82) is 0 Å². The molecule has 0 radical (unpaired) electrons. The van der Waals surface area contributed by atoms with Gasteiger partial charge in [-0.3, -0.25) is 0 Å². The number of nitrogens with zero attached hydrogens (tertiary/aromatic N) is 2. The van der Waals surface area contributed by atoms with E-state index in [2.05, 4.69) is 28.3 Å². The van der Waals surface area contributed by atoms with Crippen LogP contribution in [0.25, 0.3) is 0 Å². The van der Waals surface area contributed by atoms with Crippen LogP contribution in [0.1, 0.15) is 24.3 Å². The largest absolute Gasteiger partial charge is 0.472 e. The quantitative estimate of drug-likeness (QED) is 0.870. The first-order chi connectivity index (χ1) is 8.85. The second kappa shape index (κ2) is 6.35. The molecule has 0 atom stereocenters. The van der Waals surface area contributed by atoms with E-state index in [1.165, 1.54) is 4.88 Å². The van der Waals surface area contributed by atoms with Crippen molar-refractivity contribution < 1.29 is 4.74 Å². The first-order valence-corrected chi connectivity index (χ1v) is 6.96. The summed E-state index contributed by atoms with van der Waals surface area (Å²) in [6.45, 7) is 5.53. The standard InChI is InChI=1S/C13H17N3OS/c1-3-11-12(14-4-2)15-9-16-13(11)17-8-10-6-5-7-18-10/h5-7,9H,3-4,8H2,1-2H3,(H,14,15,16). The van der Waals surface area contributed by atoms with Gasteiger partial charge < -0.3 is 10.1 Å². The molecule has 0 aliphatic rings. The zero-order chi connectivity index (χ0) is 12.8. The van der Waals surface area contributed by atoms with Crippen molar-refractivity contribution in [1.82, 2.24) is 9.97 Å². The fourth-order valence-electron chi connectivity index (χ4n) is 1.69. The number of aromatic nitrogens is 2. The Bertz CT molecular complexity index is 485. The number of hydrogen-bond acceptors (Lipinski definition) is 5. The molecule has 18 heavy (non-hydrogen) atoms. The van der Waals surface area contributed by atoms with Crippen molar-refractivity contribution >= 4 is 17.2 Å². The van der Waals surface area contributed by atoms with Crippen molar-refractivity contribution in [2.24, 2.45) is 0 Å². The Morgan fingerprint density at radius 3 is 2.89 bits per heavy atom. The molecule has 0 fully saturated rings. The van der Waals surface area contributed by atoms with Crippen LogP contribution in [0, 0.1) is 0 Å². The average molecular weight is 263 g/mol. The Hall–Kier alpha value is -1.62. The maximum atomic E-state index is 5.78. The minimum Gasteiger partial charge on any atom is -0.472 e. The number of nitrogens with one attached hydrogen (secondary N) is 1. The van der Waals surface area contributed by atoms with Crippen LogP contribution in [0.2, 0.25) is 0 Å².